The van der Waals surface area contributed by atoms with Gasteiger partial charge in [0.2, 0.25) is 0 Å². The third-order valence-electron chi connectivity index (χ3n) is 0.479. The van der Waals surface area contributed by atoms with Gasteiger partial charge in [-0.25, -0.2) is 0 Å². The normalized spacial score (nSPS) is 12.0. The molecule has 0 aromatic carbocycles. The van der Waals surface area contributed by atoms with Crippen LogP contribution in [0.5, 0.6) is 0 Å². The van der Waals surface area contributed by atoms with Crippen molar-refractivity contribution in [2.45, 2.75) is 13.8 Å². The van der Waals surface area contributed by atoms with Crippen molar-refractivity contribution in [1.29, 1.82) is 0 Å². The molecule has 0 aliphatic carbocycles. The van der Waals surface area contributed by atoms with E-state index in [0.717, 1.165) is 0 Å². The fourth-order valence-corrected chi connectivity index (χ4v) is 0. The first kappa shape index (κ1) is 5.96. The van der Waals surface area contributed by atoms with Crippen LogP contribution in [0.2, 0.25) is 0 Å². The fourth-order valence-electron chi connectivity index (χ4n) is 0. The average Bonchev–Trinajstić information content (AvgIpc) is 1.35. The van der Waals surface area contributed by atoms with Crippen molar-refractivity contribution < 1.29 is 0 Å². The predicted molar refractivity (Wildman–Crippen MR) is 27.1 cm³/mol. The van der Waals surface area contributed by atoms with E-state index in [1.807, 2.05) is 13.8 Å². The van der Waals surface area contributed by atoms with Crippen molar-refractivity contribution in [1.82, 2.24) is 5.73 Å². The molecule has 0 rings (SSSR count). The Morgan fingerprint density at radius 3 is 1.83 bits per heavy atom. The maximum Gasteiger partial charge on any atom is 0.0151 e. The van der Waals surface area contributed by atoms with Gasteiger partial charge in [0.15, 0.2) is 0 Å². The maximum absolute atomic E-state index is 6.79. The standard InChI is InChI=1S/C5H11N/c1-5(2,3)4-6/h6H,1,4H2,2-3H3. The fraction of sp³-hybridized carbons (Fsp3) is 0.800. The van der Waals surface area contributed by atoms with Gasteiger partial charge >= 0.3 is 0 Å². The lowest BCUT2D eigenvalue weighted by Crippen LogP contribution is -2.11. The van der Waals surface area contributed by atoms with E-state index in [1.165, 1.54) is 0 Å². The highest BCUT2D eigenvalue weighted by molar-refractivity contribution is 4.69. The molecule has 0 heterocycles. The first-order chi connectivity index (χ1) is 2.56. The van der Waals surface area contributed by atoms with Gasteiger partial charge in [0.1, 0.15) is 0 Å². The largest absolute Gasteiger partial charge is 0.257 e. The number of nitrogens with one attached hydrogen (secondary N) is 1. The minimum atomic E-state index is -0.0417. The van der Waals surface area contributed by atoms with E-state index >= 15 is 0 Å². The van der Waals surface area contributed by atoms with Crippen LogP contribution < -0.4 is 5.73 Å². The van der Waals surface area contributed by atoms with Gasteiger partial charge < -0.3 is 0 Å². The topological polar surface area (TPSA) is 23.8 Å². The average molecular weight is 85.1 g/mol. The molecule has 0 aromatic rings. The Labute approximate surface area is 39.5 Å². The quantitative estimate of drug-likeness (QED) is 0.456. The molecular weight excluding hydrogens is 74.1 g/mol. The van der Waals surface area contributed by atoms with Gasteiger partial charge in [-0.15, -0.1) is 0 Å². The van der Waals surface area contributed by atoms with Crippen LogP contribution in [-0.2, 0) is 0 Å². The molecule has 36 valence electrons. The van der Waals surface area contributed by atoms with E-state index in [1.54, 1.807) is 0 Å². The summed E-state index contributed by atoms with van der Waals surface area (Å²) in [6.45, 7) is 8.00. The predicted octanol–water partition coefficient (Wildman–Crippen LogP) is 1.13. The number of hydrogen-bond acceptors (Lipinski definition) is 0. The van der Waals surface area contributed by atoms with Crippen LogP contribution >= 0.6 is 0 Å². The smallest absolute Gasteiger partial charge is 0.0151 e. The van der Waals surface area contributed by atoms with E-state index in [0.29, 0.717) is 6.54 Å². The maximum atomic E-state index is 6.79. The molecule has 0 fully saturated rings. The van der Waals surface area contributed by atoms with E-state index in [2.05, 4.69) is 6.92 Å². The third kappa shape index (κ3) is 3.96. The number of rotatable bonds is 1. The lowest BCUT2D eigenvalue weighted by molar-refractivity contribution is 0.483. The molecule has 0 saturated heterocycles. The molecule has 0 atom stereocenters. The molecule has 0 bridgehead atoms. The lowest BCUT2D eigenvalue weighted by Gasteiger charge is -2.11. The van der Waals surface area contributed by atoms with Crippen LogP contribution in [-0.4, -0.2) is 6.54 Å². The van der Waals surface area contributed by atoms with E-state index in [9.17, 15) is 0 Å². The molecule has 0 unspecified atom stereocenters. The second-order valence-electron chi connectivity index (χ2n) is 2.34. The molecule has 1 nitrogen and oxygen atoms in total. The second-order valence-corrected chi connectivity index (χ2v) is 2.34. The number of hydrogen-bond donors (Lipinski definition) is 0. The Morgan fingerprint density at radius 2 is 1.83 bits per heavy atom. The Morgan fingerprint density at radius 1 is 1.67 bits per heavy atom. The minimum absolute atomic E-state index is 0.0417. The van der Waals surface area contributed by atoms with E-state index in [4.69, 9.17) is 5.73 Å². The SMILES string of the molecule is [CH2]C(C)(C)C[NH]. The molecule has 0 amide bonds. The van der Waals surface area contributed by atoms with Crippen molar-refractivity contribution in [2.75, 3.05) is 6.54 Å². The lowest BCUT2D eigenvalue weighted by atomic mass is 9.98. The Hall–Kier alpha value is -0.0400. The zero-order valence-corrected chi connectivity index (χ0v) is 4.41. The molecule has 6 heavy (non-hydrogen) atoms. The molecule has 1 heteroatoms. The molecule has 0 spiro atoms. The molecule has 2 radical (unpaired) electrons. The highest BCUT2D eigenvalue weighted by Crippen LogP contribution is 2.07. The summed E-state index contributed by atoms with van der Waals surface area (Å²) in [6.07, 6.45) is 0. The van der Waals surface area contributed by atoms with Crippen molar-refractivity contribution >= 4 is 0 Å². The summed E-state index contributed by atoms with van der Waals surface area (Å²) >= 11 is 0. The minimum Gasteiger partial charge on any atom is -0.257 e. The van der Waals surface area contributed by atoms with Crippen LogP contribution in [0.1, 0.15) is 13.8 Å². The summed E-state index contributed by atoms with van der Waals surface area (Å²) < 4.78 is 0. The highest BCUT2D eigenvalue weighted by Gasteiger charge is 2.04. The molecule has 0 aliphatic heterocycles. The van der Waals surface area contributed by atoms with Crippen LogP contribution in [0.15, 0.2) is 0 Å². The second kappa shape index (κ2) is 1.61. The van der Waals surface area contributed by atoms with Gasteiger partial charge in [-0.2, -0.15) is 0 Å². The van der Waals surface area contributed by atoms with Gasteiger partial charge in [0.25, 0.3) is 0 Å². The van der Waals surface area contributed by atoms with Gasteiger partial charge in [0, 0.05) is 6.54 Å². The summed E-state index contributed by atoms with van der Waals surface area (Å²) in [5.74, 6) is 0. The summed E-state index contributed by atoms with van der Waals surface area (Å²) in [7, 11) is 0. The summed E-state index contributed by atoms with van der Waals surface area (Å²) in [6, 6.07) is 0. The molecular formula is C5H11N. The first-order valence-electron chi connectivity index (χ1n) is 2.06. The monoisotopic (exact) mass is 85.1 g/mol. The van der Waals surface area contributed by atoms with Crippen LogP contribution in [0.25, 0.3) is 0 Å². The highest BCUT2D eigenvalue weighted by atomic mass is 14.6. The van der Waals surface area contributed by atoms with Crippen LogP contribution in [0.3, 0.4) is 0 Å². The van der Waals surface area contributed by atoms with Gasteiger partial charge in [-0.1, -0.05) is 13.8 Å². The summed E-state index contributed by atoms with van der Waals surface area (Å²) in [5, 5.41) is 0. The van der Waals surface area contributed by atoms with Crippen molar-refractivity contribution in [3.8, 4) is 0 Å². The molecule has 0 aliphatic rings. The third-order valence-corrected chi connectivity index (χ3v) is 0.479. The summed E-state index contributed by atoms with van der Waals surface area (Å²) in [5.41, 5.74) is 6.75. The molecule has 0 saturated carbocycles. The van der Waals surface area contributed by atoms with Crippen molar-refractivity contribution in [3.05, 3.63) is 6.92 Å². The van der Waals surface area contributed by atoms with Crippen molar-refractivity contribution in [2.24, 2.45) is 5.41 Å². The van der Waals surface area contributed by atoms with Gasteiger partial charge in [-0.05, 0) is 12.3 Å². The Balaban J connectivity index is 3.17. The van der Waals surface area contributed by atoms with E-state index in [-0.39, 0.29) is 5.41 Å². The van der Waals surface area contributed by atoms with Crippen molar-refractivity contribution in [3.63, 3.8) is 0 Å². The van der Waals surface area contributed by atoms with E-state index < -0.39 is 0 Å². The van der Waals surface area contributed by atoms with Gasteiger partial charge in [-0.3, -0.25) is 5.73 Å². The zero-order valence-electron chi connectivity index (χ0n) is 4.41. The Bertz CT molecular complexity index is 33.7. The Kier molecular flexibility index (Phi) is 1.59. The molecule has 1 N–H and O–H groups in total. The molecule has 0 aromatic heterocycles. The van der Waals surface area contributed by atoms with Crippen LogP contribution in [0.4, 0.5) is 0 Å². The summed E-state index contributed by atoms with van der Waals surface area (Å²) in [4.78, 5) is 0. The first-order valence-corrected chi connectivity index (χ1v) is 2.06. The van der Waals surface area contributed by atoms with Crippen LogP contribution in [0, 0.1) is 12.3 Å². The zero-order chi connectivity index (χ0) is 5.21. The van der Waals surface area contributed by atoms with Gasteiger partial charge in [0.05, 0.1) is 0 Å².